The van der Waals surface area contributed by atoms with Gasteiger partial charge in [0.05, 0.1) is 5.69 Å². The maximum Gasteiger partial charge on any atom is 0.161 e. The summed E-state index contributed by atoms with van der Waals surface area (Å²) in [6, 6.07) is 64.0. The van der Waals surface area contributed by atoms with Gasteiger partial charge in [-0.2, -0.15) is 0 Å². The Morgan fingerprint density at radius 2 is 0.902 bits per heavy atom. The molecule has 0 spiro atoms. The molecule has 2 aromatic heterocycles. The fourth-order valence-electron chi connectivity index (χ4n) is 7.26. The van der Waals surface area contributed by atoms with Gasteiger partial charge in [-0.1, -0.05) is 146 Å². The van der Waals surface area contributed by atoms with Gasteiger partial charge in [0.1, 0.15) is 11.1 Å². The second-order valence-electron chi connectivity index (χ2n) is 13.0. The first-order valence-corrected chi connectivity index (χ1v) is 17.2. The van der Waals surface area contributed by atoms with Gasteiger partial charge >= 0.3 is 0 Å². The van der Waals surface area contributed by atoms with E-state index in [4.69, 9.17) is 14.4 Å². The van der Waals surface area contributed by atoms with Crippen molar-refractivity contribution in [1.29, 1.82) is 0 Å². The Morgan fingerprint density at radius 1 is 0.333 bits per heavy atom. The average molecular weight is 651 g/mol. The molecule has 0 aliphatic rings. The molecule has 0 bridgehead atoms. The van der Waals surface area contributed by atoms with Gasteiger partial charge in [-0.25, -0.2) is 9.97 Å². The summed E-state index contributed by atoms with van der Waals surface area (Å²) < 4.78 is 6.51. The van der Waals surface area contributed by atoms with Crippen LogP contribution < -0.4 is 0 Å². The number of fused-ring (bicyclic) bond motifs is 6. The Morgan fingerprint density at radius 3 is 1.71 bits per heavy atom. The van der Waals surface area contributed by atoms with Crippen LogP contribution in [0.4, 0.5) is 0 Å². The first-order chi connectivity index (χ1) is 25.2. The highest BCUT2D eigenvalue weighted by Crippen LogP contribution is 2.39. The lowest BCUT2D eigenvalue weighted by atomic mass is 9.96. The van der Waals surface area contributed by atoms with Gasteiger partial charge in [-0.15, -0.1) is 0 Å². The highest BCUT2D eigenvalue weighted by Gasteiger charge is 2.18. The molecular weight excluding hydrogens is 621 g/mol. The van der Waals surface area contributed by atoms with E-state index in [0.717, 1.165) is 60.8 Å². The first kappa shape index (κ1) is 29.1. The summed E-state index contributed by atoms with van der Waals surface area (Å²) in [5.41, 5.74) is 12.3. The summed E-state index contributed by atoms with van der Waals surface area (Å²) in [6.45, 7) is 0. The fraction of sp³-hybridized carbons (Fsp3) is 0. The van der Waals surface area contributed by atoms with Crippen LogP contribution in [-0.4, -0.2) is 9.97 Å². The molecule has 0 fully saturated rings. The molecule has 3 heteroatoms. The van der Waals surface area contributed by atoms with Gasteiger partial charge < -0.3 is 4.42 Å². The lowest BCUT2D eigenvalue weighted by Crippen LogP contribution is -1.96. The van der Waals surface area contributed by atoms with Crippen molar-refractivity contribution >= 4 is 43.6 Å². The highest BCUT2D eigenvalue weighted by molar-refractivity contribution is 6.16. The minimum atomic E-state index is 0.660. The summed E-state index contributed by atoms with van der Waals surface area (Å²) >= 11 is 0. The molecule has 0 atom stereocenters. The molecule has 0 aliphatic carbocycles. The average Bonchev–Trinajstić information content (AvgIpc) is 3.60. The van der Waals surface area contributed by atoms with Crippen molar-refractivity contribution in [3.8, 4) is 56.0 Å². The van der Waals surface area contributed by atoms with E-state index >= 15 is 0 Å². The predicted molar refractivity (Wildman–Crippen MR) is 212 cm³/mol. The van der Waals surface area contributed by atoms with Crippen molar-refractivity contribution in [3.05, 3.63) is 182 Å². The summed E-state index contributed by atoms with van der Waals surface area (Å²) in [6.07, 6.45) is 0. The number of benzene rings is 8. The topological polar surface area (TPSA) is 38.9 Å². The normalized spacial score (nSPS) is 11.5. The van der Waals surface area contributed by atoms with Gasteiger partial charge in [-0.3, -0.25) is 0 Å². The molecule has 8 aromatic carbocycles. The van der Waals surface area contributed by atoms with E-state index in [1.165, 1.54) is 33.0 Å². The standard InChI is InChI=1S/C48H30N2O/c1-2-10-31(11-3-1)33-20-22-34(23-21-33)36-14-8-15-37(28-36)38-16-9-17-40(30-38)48-49-45(39-25-24-32-12-4-5-13-35(32)29-39)43-27-26-42-41-18-6-7-19-44(41)51-47(42)46(43)50-48/h1-30H. The largest absolute Gasteiger partial charge is 0.454 e. The van der Waals surface area contributed by atoms with Gasteiger partial charge in [0.15, 0.2) is 11.4 Å². The Hall–Kier alpha value is -6.84. The number of hydrogen-bond donors (Lipinski definition) is 0. The summed E-state index contributed by atoms with van der Waals surface area (Å²) in [5, 5.41) is 5.46. The van der Waals surface area contributed by atoms with Crippen LogP contribution in [0.2, 0.25) is 0 Å². The minimum Gasteiger partial charge on any atom is -0.454 e. The van der Waals surface area contributed by atoms with Gasteiger partial charge in [0.2, 0.25) is 0 Å². The van der Waals surface area contributed by atoms with E-state index < -0.39 is 0 Å². The molecule has 0 saturated carbocycles. The maximum absolute atomic E-state index is 6.51. The van der Waals surface area contributed by atoms with E-state index in [0.29, 0.717) is 5.82 Å². The maximum atomic E-state index is 6.51. The minimum absolute atomic E-state index is 0.660. The molecule has 10 aromatic rings. The number of aromatic nitrogens is 2. The van der Waals surface area contributed by atoms with E-state index in [9.17, 15) is 0 Å². The zero-order valence-corrected chi connectivity index (χ0v) is 27.6. The van der Waals surface area contributed by atoms with Crippen LogP contribution in [0.5, 0.6) is 0 Å². The number of nitrogens with zero attached hydrogens (tertiary/aromatic N) is 2. The van der Waals surface area contributed by atoms with Crippen LogP contribution in [0.25, 0.3) is 99.6 Å². The smallest absolute Gasteiger partial charge is 0.161 e. The Bertz CT molecular complexity index is 2910. The van der Waals surface area contributed by atoms with Crippen LogP contribution >= 0.6 is 0 Å². The molecule has 0 saturated heterocycles. The summed E-state index contributed by atoms with van der Waals surface area (Å²) in [7, 11) is 0. The van der Waals surface area contributed by atoms with Gasteiger partial charge in [-0.05, 0) is 80.6 Å². The van der Waals surface area contributed by atoms with Crippen molar-refractivity contribution < 1.29 is 4.42 Å². The van der Waals surface area contributed by atoms with Crippen molar-refractivity contribution in [1.82, 2.24) is 9.97 Å². The molecule has 10 rings (SSSR count). The van der Waals surface area contributed by atoms with Gasteiger partial charge in [0, 0.05) is 27.3 Å². The first-order valence-electron chi connectivity index (χ1n) is 17.2. The van der Waals surface area contributed by atoms with Crippen molar-refractivity contribution in [2.45, 2.75) is 0 Å². The van der Waals surface area contributed by atoms with E-state index in [2.05, 4.69) is 158 Å². The third-order valence-electron chi connectivity index (χ3n) is 9.88. The Labute approximate surface area is 295 Å². The van der Waals surface area contributed by atoms with Crippen molar-refractivity contribution in [2.75, 3.05) is 0 Å². The van der Waals surface area contributed by atoms with Crippen LogP contribution in [0.1, 0.15) is 0 Å². The second kappa shape index (κ2) is 11.9. The van der Waals surface area contributed by atoms with Crippen LogP contribution in [0.15, 0.2) is 186 Å². The Kier molecular flexibility index (Phi) is 6.81. The third-order valence-corrected chi connectivity index (χ3v) is 9.88. The zero-order valence-electron chi connectivity index (χ0n) is 27.6. The van der Waals surface area contributed by atoms with Crippen LogP contribution in [0.3, 0.4) is 0 Å². The lowest BCUT2D eigenvalue weighted by Gasteiger charge is -2.12. The molecule has 3 nitrogen and oxygen atoms in total. The Balaban J connectivity index is 1.10. The summed E-state index contributed by atoms with van der Waals surface area (Å²) in [4.78, 5) is 10.5. The molecule has 2 heterocycles. The molecule has 0 unspecified atom stereocenters. The zero-order chi connectivity index (χ0) is 33.7. The highest BCUT2D eigenvalue weighted by atomic mass is 16.3. The SMILES string of the molecule is c1ccc(-c2ccc(-c3cccc(-c4cccc(-c5nc(-c6ccc7ccccc7c6)c6ccc7c8ccccc8oc7c6n5)c4)c3)cc2)cc1. The monoisotopic (exact) mass is 650 g/mol. The number of rotatable bonds is 5. The van der Waals surface area contributed by atoms with Crippen LogP contribution in [-0.2, 0) is 0 Å². The number of furan rings is 1. The number of hydrogen-bond acceptors (Lipinski definition) is 3. The molecule has 51 heavy (non-hydrogen) atoms. The molecule has 0 N–H and O–H groups in total. The third kappa shape index (κ3) is 5.15. The lowest BCUT2D eigenvalue weighted by molar-refractivity contribution is 0.671. The number of para-hydroxylation sites is 1. The molecule has 0 aliphatic heterocycles. The molecule has 0 radical (unpaired) electrons. The van der Waals surface area contributed by atoms with Crippen molar-refractivity contribution in [3.63, 3.8) is 0 Å². The molecular formula is C48H30N2O. The predicted octanol–water partition coefficient (Wildman–Crippen LogP) is 13.0. The molecule has 238 valence electrons. The van der Waals surface area contributed by atoms with Crippen LogP contribution in [0, 0.1) is 0 Å². The van der Waals surface area contributed by atoms with E-state index in [-0.39, 0.29) is 0 Å². The van der Waals surface area contributed by atoms with E-state index in [1.807, 2.05) is 24.3 Å². The fourth-order valence-corrected chi connectivity index (χ4v) is 7.26. The summed E-state index contributed by atoms with van der Waals surface area (Å²) in [5.74, 6) is 0.660. The second-order valence-corrected chi connectivity index (χ2v) is 13.0. The van der Waals surface area contributed by atoms with Crippen molar-refractivity contribution in [2.24, 2.45) is 0 Å². The van der Waals surface area contributed by atoms with E-state index in [1.54, 1.807) is 0 Å². The van der Waals surface area contributed by atoms with Gasteiger partial charge in [0.25, 0.3) is 0 Å². The quantitative estimate of drug-likeness (QED) is 0.186. The molecule has 0 amide bonds.